The van der Waals surface area contributed by atoms with Crippen LogP contribution in [0.5, 0.6) is 0 Å². The molecule has 1 unspecified atom stereocenters. The number of rotatable bonds is 5. The zero-order valence-corrected chi connectivity index (χ0v) is 11.3. The minimum Gasteiger partial charge on any atom is -0.472 e. The number of ether oxygens (including phenoxy) is 1. The summed E-state index contributed by atoms with van der Waals surface area (Å²) in [6.45, 7) is 0.386. The molecule has 0 aromatic carbocycles. The van der Waals surface area contributed by atoms with E-state index in [1.807, 2.05) is 12.1 Å². The van der Waals surface area contributed by atoms with E-state index in [0.29, 0.717) is 16.4 Å². The second-order valence-corrected chi connectivity index (χ2v) is 5.33. The first kappa shape index (κ1) is 13.1. The molecule has 0 aliphatic rings. The van der Waals surface area contributed by atoms with Crippen LogP contribution in [0.3, 0.4) is 0 Å². The Bertz CT molecular complexity index is 509. The Morgan fingerprint density at radius 1 is 1.56 bits per heavy atom. The van der Waals surface area contributed by atoms with Crippen LogP contribution in [0.2, 0.25) is 4.34 Å². The highest BCUT2D eigenvalue weighted by atomic mass is 35.5. The van der Waals surface area contributed by atoms with Gasteiger partial charge in [-0.1, -0.05) is 11.6 Å². The summed E-state index contributed by atoms with van der Waals surface area (Å²) in [5.74, 6) is -0.187. The molecule has 2 aromatic rings. The molecule has 2 aromatic heterocycles. The highest BCUT2D eigenvalue weighted by molar-refractivity contribution is 7.16. The van der Waals surface area contributed by atoms with E-state index in [-0.39, 0.29) is 12.0 Å². The maximum absolute atomic E-state index is 11.7. The third kappa shape index (κ3) is 3.13. The van der Waals surface area contributed by atoms with E-state index in [1.54, 1.807) is 13.2 Å². The minimum absolute atomic E-state index is 0.187. The number of thiophene rings is 1. The first-order valence-corrected chi connectivity index (χ1v) is 6.48. The van der Waals surface area contributed by atoms with Crippen LogP contribution in [0, 0.1) is 0 Å². The fourth-order valence-corrected chi connectivity index (χ4v) is 2.62. The number of nitrogens with one attached hydrogen (secondary N) is 1. The molecule has 6 heteroatoms. The van der Waals surface area contributed by atoms with E-state index >= 15 is 0 Å². The van der Waals surface area contributed by atoms with Crippen molar-refractivity contribution in [1.82, 2.24) is 5.32 Å². The average Bonchev–Trinajstić information content (AvgIpc) is 3.01. The van der Waals surface area contributed by atoms with Crippen LogP contribution in [0.15, 0.2) is 35.1 Å². The number of hydrogen-bond donors (Lipinski definition) is 1. The van der Waals surface area contributed by atoms with Crippen molar-refractivity contribution in [2.75, 3.05) is 13.7 Å². The molecule has 4 nitrogen and oxygen atoms in total. The fraction of sp³-hybridized carbons (Fsp3) is 0.250. The van der Waals surface area contributed by atoms with Crippen molar-refractivity contribution in [3.05, 3.63) is 45.5 Å². The molecule has 1 N–H and O–H groups in total. The van der Waals surface area contributed by atoms with Crippen molar-refractivity contribution in [1.29, 1.82) is 0 Å². The maximum Gasteiger partial charge on any atom is 0.254 e. The van der Waals surface area contributed by atoms with E-state index < -0.39 is 0 Å². The summed E-state index contributed by atoms with van der Waals surface area (Å²) in [4.78, 5) is 12.7. The van der Waals surface area contributed by atoms with Crippen molar-refractivity contribution in [3.63, 3.8) is 0 Å². The molecule has 0 saturated carbocycles. The van der Waals surface area contributed by atoms with Crippen LogP contribution in [0.25, 0.3) is 0 Å². The van der Waals surface area contributed by atoms with Gasteiger partial charge in [-0.3, -0.25) is 4.79 Å². The van der Waals surface area contributed by atoms with Crippen molar-refractivity contribution < 1.29 is 13.9 Å². The normalized spacial score (nSPS) is 12.3. The third-order valence-corrected chi connectivity index (χ3v) is 3.75. The quantitative estimate of drug-likeness (QED) is 0.918. The molecule has 96 valence electrons. The molecule has 2 rings (SSSR count). The Labute approximate surface area is 114 Å². The molecular formula is C12H12ClNO3S. The van der Waals surface area contributed by atoms with Crippen LogP contribution < -0.4 is 5.32 Å². The van der Waals surface area contributed by atoms with Gasteiger partial charge in [0.25, 0.3) is 5.91 Å². The zero-order chi connectivity index (χ0) is 13.0. The van der Waals surface area contributed by atoms with Crippen LogP contribution >= 0.6 is 22.9 Å². The van der Waals surface area contributed by atoms with Gasteiger partial charge in [-0.05, 0) is 18.2 Å². The van der Waals surface area contributed by atoms with Gasteiger partial charge in [0.1, 0.15) is 12.4 Å². The monoisotopic (exact) mass is 285 g/mol. The highest BCUT2D eigenvalue weighted by Crippen LogP contribution is 2.28. The smallest absolute Gasteiger partial charge is 0.254 e. The van der Waals surface area contributed by atoms with Gasteiger partial charge in [0.15, 0.2) is 0 Å². The molecule has 18 heavy (non-hydrogen) atoms. The fourth-order valence-electron chi connectivity index (χ4n) is 1.48. The van der Waals surface area contributed by atoms with Crippen LogP contribution in [-0.2, 0) is 4.74 Å². The molecule has 1 amide bonds. The second-order valence-electron chi connectivity index (χ2n) is 3.59. The molecule has 0 aliphatic carbocycles. The molecule has 2 heterocycles. The highest BCUT2D eigenvalue weighted by Gasteiger charge is 2.15. The lowest BCUT2D eigenvalue weighted by molar-refractivity contribution is 0.0837. The Balaban J connectivity index is 1.94. The molecule has 0 bridgehead atoms. The lowest BCUT2D eigenvalue weighted by Gasteiger charge is -2.14. The number of hydrogen-bond acceptors (Lipinski definition) is 4. The summed E-state index contributed by atoms with van der Waals surface area (Å²) < 4.78 is 10.9. The molecule has 0 radical (unpaired) electrons. The molecule has 1 atom stereocenters. The van der Waals surface area contributed by atoms with Gasteiger partial charge in [0.05, 0.1) is 16.2 Å². The predicted molar refractivity (Wildman–Crippen MR) is 70.1 cm³/mol. The molecular weight excluding hydrogens is 274 g/mol. The lowest BCUT2D eigenvalue weighted by Crippen LogP contribution is -2.28. The summed E-state index contributed by atoms with van der Waals surface area (Å²) in [6.07, 6.45) is 2.67. The van der Waals surface area contributed by atoms with Crippen LogP contribution in [0.4, 0.5) is 0 Å². The van der Waals surface area contributed by atoms with Crippen molar-refractivity contribution in [3.8, 4) is 0 Å². The van der Waals surface area contributed by atoms with Crippen molar-refractivity contribution in [2.45, 2.75) is 6.10 Å². The van der Waals surface area contributed by atoms with Crippen molar-refractivity contribution >= 4 is 28.8 Å². The summed E-state index contributed by atoms with van der Waals surface area (Å²) in [5.41, 5.74) is 0.495. The third-order valence-electron chi connectivity index (χ3n) is 2.43. The average molecular weight is 286 g/mol. The lowest BCUT2D eigenvalue weighted by atomic mass is 10.2. The minimum atomic E-state index is -0.196. The van der Waals surface area contributed by atoms with Gasteiger partial charge in [0.2, 0.25) is 0 Å². The maximum atomic E-state index is 11.7. The predicted octanol–water partition coefficient (Wildman–Crippen LogP) is 3.11. The summed E-state index contributed by atoms with van der Waals surface area (Å²) in [6, 6.07) is 5.32. The first-order chi connectivity index (χ1) is 8.70. The number of methoxy groups -OCH3 is 1. The topological polar surface area (TPSA) is 51.5 Å². The number of carbonyl (C=O) groups excluding carboxylic acids is 1. The van der Waals surface area contributed by atoms with Gasteiger partial charge >= 0.3 is 0 Å². The van der Waals surface area contributed by atoms with E-state index in [9.17, 15) is 4.79 Å². The Morgan fingerprint density at radius 3 is 2.94 bits per heavy atom. The van der Waals surface area contributed by atoms with Gasteiger partial charge in [-0.2, -0.15) is 0 Å². The number of amides is 1. The first-order valence-electron chi connectivity index (χ1n) is 5.29. The summed E-state index contributed by atoms with van der Waals surface area (Å²) >= 11 is 7.31. The zero-order valence-electron chi connectivity index (χ0n) is 9.68. The van der Waals surface area contributed by atoms with E-state index in [1.165, 1.54) is 23.9 Å². The van der Waals surface area contributed by atoms with Gasteiger partial charge in [-0.25, -0.2) is 0 Å². The summed E-state index contributed by atoms with van der Waals surface area (Å²) in [5, 5.41) is 2.78. The van der Waals surface area contributed by atoms with Gasteiger partial charge in [0, 0.05) is 18.5 Å². The van der Waals surface area contributed by atoms with Crippen LogP contribution in [0.1, 0.15) is 21.3 Å². The number of furan rings is 1. The number of carbonyl (C=O) groups is 1. The molecule has 0 aliphatic heterocycles. The largest absolute Gasteiger partial charge is 0.472 e. The molecule has 0 spiro atoms. The van der Waals surface area contributed by atoms with E-state index in [0.717, 1.165) is 4.88 Å². The van der Waals surface area contributed by atoms with E-state index in [2.05, 4.69) is 5.32 Å². The standard InChI is InChI=1S/C12H12ClNO3S/c1-16-9(10-2-3-11(13)18-10)6-14-12(15)8-4-5-17-7-8/h2-5,7,9H,6H2,1H3,(H,14,15). The second kappa shape index (κ2) is 6.04. The Morgan fingerprint density at radius 2 is 2.39 bits per heavy atom. The summed E-state index contributed by atoms with van der Waals surface area (Å²) in [7, 11) is 1.60. The van der Waals surface area contributed by atoms with Crippen LogP contribution in [-0.4, -0.2) is 19.6 Å². The van der Waals surface area contributed by atoms with Gasteiger partial charge in [-0.15, -0.1) is 11.3 Å². The molecule has 0 saturated heterocycles. The Kier molecular flexibility index (Phi) is 4.41. The molecule has 0 fully saturated rings. The SMILES string of the molecule is COC(CNC(=O)c1ccoc1)c1ccc(Cl)s1. The van der Waals surface area contributed by atoms with E-state index in [4.69, 9.17) is 20.8 Å². The Hall–Kier alpha value is -1.30. The number of halogens is 1. The van der Waals surface area contributed by atoms with Crippen molar-refractivity contribution in [2.24, 2.45) is 0 Å². The van der Waals surface area contributed by atoms with Gasteiger partial charge < -0.3 is 14.5 Å².